The molecule has 7 heteroatoms. The Kier molecular flexibility index (Phi) is 8.12. The molecule has 0 bridgehead atoms. The highest BCUT2D eigenvalue weighted by Gasteiger charge is 2.16. The van der Waals surface area contributed by atoms with Crippen molar-refractivity contribution < 1.29 is 9.53 Å². The van der Waals surface area contributed by atoms with Crippen molar-refractivity contribution in [3.63, 3.8) is 0 Å². The van der Waals surface area contributed by atoms with Gasteiger partial charge < -0.3 is 15.4 Å². The summed E-state index contributed by atoms with van der Waals surface area (Å²) in [5.41, 5.74) is 7.47. The van der Waals surface area contributed by atoms with E-state index in [2.05, 4.69) is 38.8 Å². The first-order valence-corrected chi connectivity index (χ1v) is 13.4. The molecule has 3 aromatic heterocycles. The molecule has 1 amide bonds. The Labute approximate surface area is 234 Å². The maximum Gasteiger partial charge on any atom is 0.407 e. The van der Waals surface area contributed by atoms with Crippen molar-refractivity contribution in [2.24, 2.45) is 0 Å². The second-order valence-electron chi connectivity index (χ2n) is 10.6. The van der Waals surface area contributed by atoms with E-state index in [0.29, 0.717) is 13.1 Å². The van der Waals surface area contributed by atoms with Gasteiger partial charge in [0.15, 0.2) is 0 Å². The molecule has 5 rings (SSSR count). The van der Waals surface area contributed by atoms with Crippen molar-refractivity contribution in [2.75, 3.05) is 0 Å². The number of carbonyl (C=O) groups is 1. The van der Waals surface area contributed by atoms with Crippen LogP contribution in [0.25, 0.3) is 33.3 Å². The van der Waals surface area contributed by atoms with Gasteiger partial charge in [-0.2, -0.15) is 0 Å². The molecule has 3 heterocycles. The Morgan fingerprint density at radius 1 is 0.800 bits per heavy atom. The molecule has 0 aliphatic carbocycles. The van der Waals surface area contributed by atoms with Crippen LogP contribution >= 0.6 is 0 Å². The van der Waals surface area contributed by atoms with E-state index in [1.165, 1.54) is 5.56 Å². The van der Waals surface area contributed by atoms with Crippen molar-refractivity contribution in [2.45, 2.75) is 46.0 Å². The van der Waals surface area contributed by atoms with Gasteiger partial charge in [0, 0.05) is 54.7 Å². The van der Waals surface area contributed by atoms with Gasteiger partial charge in [-0.3, -0.25) is 9.97 Å². The molecule has 7 nitrogen and oxygen atoms in total. The van der Waals surface area contributed by atoms with Gasteiger partial charge >= 0.3 is 6.09 Å². The zero-order valence-corrected chi connectivity index (χ0v) is 23.0. The highest BCUT2D eigenvalue weighted by atomic mass is 16.6. The van der Waals surface area contributed by atoms with Gasteiger partial charge in [0.05, 0.1) is 16.9 Å². The summed E-state index contributed by atoms with van der Waals surface area (Å²) in [5.74, 6) is 0. The van der Waals surface area contributed by atoms with Gasteiger partial charge in [-0.1, -0.05) is 54.6 Å². The predicted molar refractivity (Wildman–Crippen MR) is 158 cm³/mol. The summed E-state index contributed by atoms with van der Waals surface area (Å²) in [6.07, 6.45) is 4.98. The predicted octanol–water partition coefficient (Wildman–Crippen LogP) is 6.67. The normalized spacial score (nSPS) is 11.4. The number of aromatic nitrogens is 3. The molecule has 0 fully saturated rings. The number of alkyl carbamates (subject to hydrolysis) is 1. The average Bonchev–Trinajstić information content (AvgIpc) is 2.96. The van der Waals surface area contributed by atoms with E-state index >= 15 is 0 Å². The standard InChI is InChI=1S/C33H33N5O2/c1-33(2,3)40-32(39)37-21-23-9-11-26(12-10-23)31-27(25-7-5-4-6-8-25)19-28-29(38-31)15-18-36-30(28)22-35-20-24-13-16-34-17-14-24/h4-19,35H,20-22H2,1-3H3,(H,37,39). The molecule has 0 aliphatic rings. The topological polar surface area (TPSA) is 89.0 Å². The second-order valence-corrected chi connectivity index (χ2v) is 10.6. The minimum atomic E-state index is -0.533. The smallest absolute Gasteiger partial charge is 0.407 e. The van der Waals surface area contributed by atoms with Gasteiger partial charge in [0.1, 0.15) is 5.60 Å². The Balaban J connectivity index is 1.43. The molecule has 0 atom stereocenters. The maximum atomic E-state index is 12.1. The van der Waals surface area contributed by atoms with Gasteiger partial charge in [-0.15, -0.1) is 0 Å². The monoisotopic (exact) mass is 531 g/mol. The summed E-state index contributed by atoms with van der Waals surface area (Å²) < 4.78 is 5.34. The minimum Gasteiger partial charge on any atom is -0.444 e. The number of carbonyl (C=O) groups excluding carboxylic acids is 1. The van der Waals surface area contributed by atoms with E-state index in [-0.39, 0.29) is 0 Å². The lowest BCUT2D eigenvalue weighted by Gasteiger charge is -2.19. The van der Waals surface area contributed by atoms with Crippen LogP contribution in [-0.4, -0.2) is 26.6 Å². The Hall–Kier alpha value is -4.62. The Morgan fingerprint density at radius 3 is 2.25 bits per heavy atom. The number of hydrogen-bond donors (Lipinski definition) is 2. The van der Waals surface area contributed by atoms with Crippen molar-refractivity contribution in [3.8, 4) is 22.4 Å². The largest absolute Gasteiger partial charge is 0.444 e. The number of benzene rings is 2. The fourth-order valence-electron chi connectivity index (χ4n) is 4.45. The SMILES string of the molecule is CC(C)(C)OC(=O)NCc1ccc(-c2nc3ccnc(CNCc4ccncc4)c3cc2-c2ccccc2)cc1. The summed E-state index contributed by atoms with van der Waals surface area (Å²) in [6.45, 7) is 7.27. The number of ether oxygens (including phenoxy) is 1. The lowest BCUT2D eigenvalue weighted by Crippen LogP contribution is -2.32. The number of hydrogen-bond acceptors (Lipinski definition) is 6. The van der Waals surface area contributed by atoms with E-state index in [1.54, 1.807) is 12.4 Å². The quantitative estimate of drug-likeness (QED) is 0.232. The van der Waals surface area contributed by atoms with Gasteiger partial charge in [0.2, 0.25) is 0 Å². The van der Waals surface area contributed by atoms with E-state index in [9.17, 15) is 4.79 Å². The number of pyridine rings is 3. The lowest BCUT2D eigenvalue weighted by molar-refractivity contribution is 0.0523. The number of amides is 1. The Morgan fingerprint density at radius 2 is 1.52 bits per heavy atom. The summed E-state index contributed by atoms with van der Waals surface area (Å²) >= 11 is 0. The highest BCUT2D eigenvalue weighted by molar-refractivity contribution is 5.92. The molecule has 0 saturated heterocycles. The first kappa shape index (κ1) is 27.0. The zero-order chi connectivity index (χ0) is 28.0. The van der Waals surface area contributed by atoms with Crippen LogP contribution < -0.4 is 10.6 Å². The number of rotatable bonds is 8. The number of nitrogens with one attached hydrogen (secondary N) is 2. The minimum absolute atomic E-state index is 0.382. The molecule has 202 valence electrons. The van der Waals surface area contributed by atoms with Crippen LogP contribution in [0, 0.1) is 0 Å². The van der Waals surface area contributed by atoms with Gasteiger partial charge in [0.25, 0.3) is 0 Å². The molecule has 2 N–H and O–H groups in total. The molecule has 40 heavy (non-hydrogen) atoms. The summed E-state index contributed by atoms with van der Waals surface area (Å²) in [7, 11) is 0. The zero-order valence-electron chi connectivity index (χ0n) is 23.0. The summed E-state index contributed by atoms with van der Waals surface area (Å²) in [4.78, 5) is 26.0. The van der Waals surface area contributed by atoms with Crippen LogP contribution in [0.4, 0.5) is 4.79 Å². The molecule has 0 aliphatic heterocycles. The van der Waals surface area contributed by atoms with E-state index < -0.39 is 11.7 Å². The van der Waals surface area contributed by atoms with Crippen LogP contribution in [0.5, 0.6) is 0 Å². The molecule has 0 spiro atoms. The van der Waals surface area contributed by atoms with Gasteiger partial charge in [-0.25, -0.2) is 9.78 Å². The third-order valence-electron chi connectivity index (χ3n) is 6.34. The lowest BCUT2D eigenvalue weighted by atomic mass is 9.96. The summed E-state index contributed by atoms with van der Waals surface area (Å²) in [5, 5.41) is 7.33. The first-order valence-electron chi connectivity index (χ1n) is 13.4. The van der Waals surface area contributed by atoms with E-state index in [0.717, 1.165) is 51.1 Å². The second kappa shape index (κ2) is 12.1. The van der Waals surface area contributed by atoms with Crippen LogP contribution in [0.1, 0.15) is 37.6 Å². The van der Waals surface area contributed by atoms with Crippen LogP contribution in [0.15, 0.2) is 97.5 Å². The van der Waals surface area contributed by atoms with Gasteiger partial charge in [-0.05, 0) is 61.7 Å². The van der Waals surface area contributed by atoms with Crippen LogP contribution in [0.3, 0.4) is 0 Å². The molecular weight excluding hydrogens is 498 g/mol. The van der Waals surface area contributed by atoms with Crippen molar-refractivity contribution in [3.05, 3.63) is 114 Å². The van der Waals surface area contributed by atoms with Crippen LogP contribution in [-0.2, 0) is 24.4 Å². The summed E-state index contributed by atoms with van der Waals surface area (Å²) in [6, 6.07) is 26.6. The third kappa shape index (κ3) is 6.87. The van der Waals surface area contributed by atoms with Crippen LogP contribution in [0.2, 0.25) is 0 Å². The van der Waals surface area contributed by atoms with Crippen molar-refractivity contribution >= 4 is 17.0 Å². The van der Waals surface area contributed by atoms with Crippen molar-refractivity contribution in [1.29, 1.82) is 0 Å². The molecule has 0 saturated carbocycles. The number of nitrogens with zero attached hydrogens (tertiary/aromatic N) is 3. The molecule has 0 unspecified atom stereocenters. The molecule has 5 aromatic rings. The van der Waals surface area contributed by atoms with Crippen molar-refractivity contribution in [1.82, 2.24) is 25.6 Å². The molecular formula is C33H33N5O2. The first-order chi connectivity index (χ1) is 19.4. The maximum absolute atomic E-state index is 12.1. The fraction of sp³-hybridized carbons (Fsp3) is 0.212. The molecule has 2 aromatic carbocycles. The van der Waals surface area contributed by atoms with E-state index in [4.69, 9.17) is 9.72 Å². The third-order valence-corrected chi connectivity index (χ3v) is 6.34. The average molecular weight is 532 g/mol. The van der Waals surface area contributed by atoms with E-state index in [1.807, 2.05) is 87.6 Å². The number of fused-ring (bicyclic) bond motifs is 1. The molecule has 0 radical (unpaired) electrons. The highest BCUT2D eigenvalue weighted by Crippen LogP contribution is 2.34. The fourth-order valence-corrected chi connectivity index (χ4v) is 4.45. The Bertz CT molecular complexity index is 1580.